The molecule has 0 unspecified atom stereocenters. The van der Waals surface area contributed by atoms with Gasteiger partial charge in [0.1, 0.15) is 18.0 Å². The van der Waals surface area contributed by atoms with E-state index in [-0.39, 0.29) is 18.1 Å². The second-order valence-electron chi connectivity index (χ2n) is 5.13. The number of benzene rings is 1. The van der Waals surface area contributed by atoms with Gasteiger partial charge in [0, 0.05) is 19.6 Å². The van der Waals surface area contributed by atoms with Gasteiger partial charge in [0.05, 0.1) is 6.54 Å². The molecule has 0 aliphatic carbocycles. The molecule has 1 amide bonds. The van der Waals surface area contributed by atoms with Crippen LogP contribution in [0, 0.1) is 0 Å². The number of nitrogens with zero attached hydrogens (tertiary/aromatic N) is 1. The summed E-state index contributed by atoms with van der Waals surface area (Å²) in [4.78, 5) is 14.1. The zero-order chi connectivity index (χ0) is 13.1. The van der Waals surface area contributed by atoms with Crippen LogP contribution in [0.4, 0.5) is 0 Å². The molecule has 2 aliphatic heterocycles. The van der Waals surface area contributed by atoms with E-state index in [0.717, 1.165) is 31.6 Å². The molecule has 0 spiro atoms. The molecule has 0 aromatic heterocycles. The van der Waals surface area contributed by atoms with Gasteiger partial charge in [0.25, 0.3) is 5.91 Å². The molecule has 2 aliphatic rings. The Kier molecular flexibility index (Phi) is 3.69. The maximum atomic E-state index is 12.2. The van der Waals surface area contributed by atoms with Crippen molar-refractivity contribution in [1.29, 1.82) is 0 Å². The van der Waals surface area contributed by atoms with Crippen molar-refractivity contribution in [2.45, 2.75) is 31.5 Å². The molecule has 4 nitrogen and oxygen atoms in total. The van der Waals surface area contributed by atoms with Crippen molar-refractivity contribution in [2.75, 3.05) is 19.7 Å². The number of para-hydroxylation sites is 1. The summed E-state index contributed by atoms with van der Waals surface area (Å²) in [7, 11) is 0. The molecule has 0 bridgehead atoms. The summed E-state index contributed by atoms with van der Waals surface area (Å²) in [5.41, 5.74) is 0. The Morgan fingerprint density at radius 1 is 1.26 bits per heavy atom. The highest BCUT2D eigenvalue weighted by atomic mass is 16.5. The van der Waals surface area contributed by atoms with Gasteiger partial charge >= 0.3 is 0 Å². The fourth-order valence-electron chi connectivity index (χ4n) is 2.69. The van der Waals surface area contributed by atoms with Crippen molar-refractivity contribution >= 4 is 5.91 Å². The molecule has 2 saturated heterocycles. The smallest absolute Gasteiger partial charge is 0.251 e. The predicted molar refractivity (Wildman–Crippen MR) is 71.0 cm³/mol. The van der Waals surface area contributed by atoms with Crippen LogP contribution in [0.25, 0.3) is 0 Å². The Bertz CT molecular complexity index is 428. The van der Waals surface area contributed by atoms with Gasteiger partial charge in [-0.3, -0.25) is 4.79 Å². The van der Waals surface area contributed by atoms with Crippen LogP contribution in [0.2, 0.25) is 0 Å². The van der Waals surface area contributed by atoms with Gasteiger partial charge < -0.3 is 14.4 Å². The van der Waals surface area contributed by atoms with E-state index >= 15 is 0 Å². The van der Waals surface area contributed by atoms with Crippen molar-refractivity contribution < 1.29 is 14.3 Å². The van der Waals surface area contributed by atoms with Crippen LogP contribution in [0.1, 0.15) is 19.3 Å². The molecule has 0 saturated carbocycles. The summed E-state index contributed by atoms with van der Waals surface area (Å²) in [6, 6.07) is 9.78. The Morgan fingerprint density at radius 2 is 2.11 bits per heavy atom. The van der Waals surface area contributed by atoms with Crippen LogP contribution in [0.15, 0.2) is 30.3 Å². The standard InChI is InChI=1S/C15H19NO3/c17-15(14-7-4-10-18-14)16-9-8-13(11-16)19-12-5-2-1-3-6-12/h1-3,5-6,13-14H,4,7-11H2/t13-,14+/m0/s1. The van der Waals surface area contributed by atoms with E-state index in [0.29, 0.717) is 13.2 Å². The zero-order valence-electron chi connectivity index (χ0n) is 11.0. The monoisotopic (exact) mass is 261 g/mol. The minimum Gasteiger partial charge on any atom is -0.489 e. The van der Waals surface area contributed by atoms with Crippen molar-refractivity contribution in [2.24, 2.45) is 0 Å². The minimum absolute atomic E-state index is 0.104. The summed E-state index contributed by atoms with van der Waals surface area (Å²) in [6.07, 6.45) is 2.64. The summed E-state index contributed by atoms with van der Waals surface area (Å²) in [6.45, 7) is 2.16. The lowest BCUT2D eigenvalue weighted by Crippen LogP contribution is -2.38. The number of rotatable bonds is 3. The number of hydrogen-bond donors (Lipinski definition) is 0. The molecule has 0 N–H and O–H groups in total. The number of amides is 1. The van der Waals surface area contributed by atoms with E-state index in [9.17, 15) is 4.79 Å². The lowest BCUT2D eigenvalue weighted by atomic mass is 10.2. The van der Waals surface area contributed by atoms with Gasteiger partial charge in [-0.1, -0.05) is 18.2 Å². The molecule has 1 aromatic rings. The van der Waals surface area contributed by atoms with Crippen LogP contribution in [0.3, 0.4) is 0 Å². The molecule has 0 radical (unpaired) electrons. The third kappa shape index (κ3) is 2.89. The number of carbonyl (C=O) groups is 1. The summed E-state index contributed by atoms with van der Waals surface area (Å²) < 4.78 is 11.3. The average Bonchev–Trinajstić information content (AvgIpc) is 3.10. The van der Waals surface area contributed by atoms with Crippen LogP contribution in [0.5, 0.6) is 5.75 Å². The highest BCUT2D eigenvalue weighted by molar-refractivity contribution is 5.81. The SMILES string of the molecule is O=C([C@H]1CCCO1)N1CC[C@H](Oc2ccccc2)C1. The van der Waals surface area contributed by atoms with Crippen LogP contribution in [-0.2, 0) is 9.53 Å². The Hall–Kier alpha value is -1.55. The maximum absolute atomic E-state index is 12.2. The first-order chi connectivity index (χ1) is 9.33. The average molecular weight is 261 g/mol. The van der Waals surface area contributed by atoms with Gasteiger partial charge in [-0.2, -0.15) is 0 Å². The normalized spacial score (nSPS) is 26.6. The number of hydrogen-bond acceptors (Lipinski definition) is 3. The molecule has 2 atom stereocenters. The van der Waals surface area contributed by atoms with Crippen molar-refractivity contribution in [3.8, 4) is 5.75 Å². The van der Waals surface area contributed by atoms with E-state index in [2.05, 4.69) is 0 Å². The summed E-state index contributed by atoms with van der Waals surface area (Å²) >= 11 is 0. The van der Waals surface area contributed by atoms with Crippen molar-refractivity contribution in [3.63, 3.8) is 0 Å². The molecular weight excluding hydrogens is 242 g/mol. The highest BCUT2D eigenvalue weighted by Gasteiger charge is 2.33. The fraction of sp³-hybridized carbons (Fsp3) is 0.533. The van der Waals surface area contributed by atoms with Crippen LogP contribution < -0.4 is 4.74 Å². The molecule has 19 heavy (non-hydrogen) atoms. The van der Waals surface area contributed by atoms with Gasteiger partial charge in [0.2, 0.25) is 0 Å². The molecule has 1 aromatic carbocycles. The molecule has 102 valence electrons. The van der Waals surface area contributed by atoms with Crippen molar-refractivity contribution in [1.82, 2.24) is 4.90 Å². The predicted octanol–water partition coefficient (Wildman–Crippen LogP) is 1.85. The zero-order valence-corrected chi connectivity index (χ0v) is 11.0. The van der Waals surface area contributed by atoms with E-state index in [1.807, 2.05) is 35.2 Å². The third-order valence-corrected chi connectivity index (χ3v) is 3.71. The first-order valence-electron chi connectivity index (χ1n) is 6.95. The second kappa shape index (κ2) is 5.61. The van der Waals surface area contributed by atoms with Gasteiger partial charge in [-0.05, 0) is 25.0 Å². The minimum atomic E-state index is -0.213. The Labute approximate surface area is 113 Å². The molecule has 3 rings (SSSR count). The second-order valence-corrected chi connectivity index (χ2v) is 5.13. The highest BCUT2D eigenvalue weighted by Crippen LogP contribution is 2.21. The topological polar surface area (TPSA) is 38.8 Å². The molecule has 2 fully saturated rings. The molecule has 4 heteroatoms. The van der Waals surface area contributed by atoms with E-state index in [1.54, 1.807) is 0 Å². The van der Waals surface area contributed by atoms with E-state index in [1.165, 1.54) is 0 Å². The fourth-order valence-corrected chi connectivity index (χ4v) is 2.69. The van der Waals surface area contributed by atoms with Gasteiger partial charge in [0.15, 0.2) is 0 Å². The van der Waals surface area contributed by atoms with Crippen LogP contribution >= 0.6 is 0 Å². The van der Waals surface area contributed by atoms with E-state index < -0.39 is 0 Å². The van der Waals surface area contributed by atoms with Gasteiger partial charge in [-0.15, -0.1) is 0 Å². The van der Waals surface area contributed by atoms with Crippen LogP contribution in [-0.4, -0.2) is 42.7 Å². The third-order valence-electron chi connectivity index (χ3n) is 3.71. The molecule has 2 heterocycles. The first kappa shape index (κ1) is 12.5. The number of likely N-dealkylation sites (tertiary alicyclic amines) is 1. The number of ether oxygens (including phenoxy) is 2. The first-order valence-corrected chi connectivity index (χ1v) is 6.95. The maximum Gasteiger partial charge on any atom is 0.251 e. The largest absolute Gasteiger partial charge is 0.489 e. The van der Waals surface area contributed by atoms with Crippen molar-refractivity contribution in [3.05, 3.63) is 30.3 Å². The Morgan fingerprint density at radius 3 is 2.84 bits per heavy atom. The summed E-state index contributed by atoms with van der Waals surface area (Å²) in [5, 5.41) is 0. The summed E-state index contributed by atoms with van der Waals surface area (Å²) in [5.74, 6) is 1.01. The molecular formula is C15H19NO3. The lowest BCUT2D eigenvalue weighted by molar-refractivity contribution is -0.140. The lowest BCUT2D eigenvalue weighted by Gasteiger charge is -2.20. The van der Waals surface area contributed by atoms with E-state index in [4.69, 9.17) is 9.47 Å². The number of carbonyl (C=O) groups excluding carboxylic acids is 1. The Balaban J connectivity index is 1.53. The quantitative estimate of drug-likeness (QED) is 0.833. The van der Waals surface area contributed by atoms with Gasteiger partial charge in [-0.25, -0.2) is 0 Å².